The van der Waals surface area contributed by atoms with Crippen LogP contribution in [0.5, 0.6) is 0 Å². The summed E-state index contributed by atoms with van der Waals surface area (Å²) in [6.45, 7) is 0.514. The Kier molecular flexibility index (Phi) is 1.70. The van der Waals surface area contributed by atoms with Crippen LogP contribution in [0.25, 0.3) is 0 Å². The third kappa shape index (κ3) is 1.04. The molecule has 0 aliphatic heterocycles. The molecule has 1 aromatic carbocycles. The van der Waals surface area contributed by atoms with Gasteiger partial charge in [0.05, 0.1) is 0 Å². The van der Waals surface area contributed by atoms with Crippen LogP contribution in [-0.2, 0) is 13.0 Å². The van der Waals surface area contributed by atoms with E-state index in [9.17, 15) is 4.79 Å². The van der Waals surface area contributed by atoms with Gasteiger partial charge in [0.1, 0.15) is 0 Å². The van der Waals surface area contributed by atoms with Crippen molar-refractivity contribution >= 4 is 5.78 Å². The van der Waals surface area contributed by atoms with E-state index >= 15 is 0 Å². The summed E-state index contributed by atoms with van der Waals surface area (Å²) in [6.07, 6.45) is 1.57. The smallest absolute Gasteiger partial charge is 0.163 e. The Morgan fingerprint density at radius 3 is 2.92 bits per heavy atom. The summed E-state index contributed by atoms with van der Waals surface area (Å²) in [5.41, 5.74) is 8.59. The SMILES string of the molecule is NCc1ccc2c(c1)C(=O)CC2. The van der Waals surface area contributed by atoms with E-state index < -0.39 is 0 Å². The van der Waals surface area contributed by atoms with E-state index in [1.54, 1.807) is 0 Å². The topological polar surface area (TPSA) is 43.1 Å². The quantitative estimate of drug-likeness (QED) is 0.674. The molecular formula is C10H11NO. The van der Waals surface area contributed by atoms with Gasteiger partial charge in [-0.15, -0.1) is 0 Å². The predicted octanol–water partition coefficient (Wildman–Crippen LogP) is 1.27. The van der Waals surface area contributed by atoms with Crippen LogP contribution in [-0.4, -0.2) is 5.78 Å². The Labute approximate surface area is 71.4 Å². The van der Waals surface area contributed by atoms with Crippen LogP contribution in [0.4, 0.5) is 0 Å². The second-order valence-electron chi connectivity index (χ2n) is 3.12. The molecule has 1 aliphatic carbocycles. The molecule has 0 amide bonds. The fraction of sp³-hybridized carbons (Fsp3) is 0.300. The molecule has 0 saturated carbocycles. The van der Waals surface area contributed by atoms with Gasteiger partial charge in [0.15, 0.2) is 5.78 Å². The highest BCUT2D eigenvalue weighted by molar-refractivity contribution is 6.00. The lowest BCUT2D eigenvalue weighted by molar-refractivity contribution is 0.0994. The van der Waals surface area contributed by atoms with E-state index in [1.165, 1.54) is 5.56 Å². The molecule has 0 heterocycles. The van der Waals surface area contributed by atoms with Gasteiger partial charge in [0.25, 0.3) is 0 Å². The summed E-state index contributed by atoms with van der Waals surface area (Å²) in [6, 6.07) is 5.94. The van der Waals surface area contributed by atoms with Gasteiger partial charge in [-0.25, -0.2) is 0 Å². The molecule has 0 bridgehead atoms. The molecule has 0 unspecified atom stereocenters. The summed E-state index contributed by atoms with van der Waals surface area (Å²) in [5.74, 6) is 0.264. The number of carbonyl (C=O) groups excluding carboxylic acids is 1. The first kappa shape index (κ1) is 7.50. The molecule has 0 spiro atoms. The van der Waals surface area contributed by atoms with Crippen LogP contribution in [0.1, 0.15) is 27.9 Å². The molecule has 0 fully saturated rings. The van der Waals surface area contributed by atoms with Gasteiger partial charge < -0.3 is 5.73 Å². The molecule has 2 heteroatoms. The van der Waals surface area contributed by atoms with Crippen LogP contribution >= 0.6 is 0 Å². The zero-order valence-electron chi connectivity index (χ0n) is 6.84. The summed E-state index contributed by atoms with van der Waals surface area (Å²) in [5, 5.41) is 0. The average molecular weight is 161 g/mol. The molecular weight excluding hydrogens is 150 g/mol. The molecule has 2 rings (SSSR count). The van der Waals surface area contributed by atoms with Crippen molar-refractivity contribution in [2.45, 2.75) is 19.4 Å². The van der Waals surface area contributed by atoms with E-state index in [0.29, 0.717) is 13.0 Å². The average Bonchev–Trinajstić information content (AvgIpc) is 2.47. The molecule has 0 aromatic heterocycles. The van der Waals surface area contributed by atoms with Crippen molar-refractivity contribution in [1.29, 1.82) is 0 Å². The van der Waals surface area contributed by atoms with E-state index in [-0.39, 0.29) is 5.78 Å². The van der Waals surface area contributed by atoms with Crippen LogP contribution < -0.4 is 5.73 Å². The van der Waals surface area contributed by atoms with Gasteiger partial charge >= 0.3 is 0 Å². The second kappa shape index (κ2) is 2.72. The maximum absolute atomic E-state index is 11.3. The lowest BCUT2D eigenvalue weighted by Gasteiger charge is -2.00. The number of carbonyl (C=O) groups is 1. The second-order valence-corrected chi connectivity index (χ2v) is 3.12. The van der Waals surface area contributed by atoms with Crippen molar-refractivity contribution in [2.75, 3.05) is 0 Å². The van der Waals surface area contributed by atoms with Crippen LogP contribution in [0.2, 0.25) is 0 Å². The van der Waals surface area contributed by atoms with Crippen molar-refractivity contribution in [3.63, 3.8) is 0 Å². The number of Topliss-reactive ketones (excluding diaryl/α,β-unsaturated/α-hetero) is 1. The molecule has 0 radical (unpaired) electrons. The highest BCUT2D eigenvalue weighted by atomic mass is 16.1. The molecule has 0 saturated heterocycles. The molecule has 0 atom stereocenters. The number of aryl methyl sites for hydroxylation is 1. The van der Waals surface area contributed by atoms with Crippen molar-refractivity contribution in [1.82, 2.24) is 0 Å². The van der Waals surface area contributed by atoms with Crippen molar-refractivity contribution in [3.05, 3.63) is 34.9 Å². The van der Waals surface area contributed by atoms with Crippen LogP contribution in [0, 0.1) is 0 Å². The lowest BCUT2D eigenvalue weighted by atomic mass is 10.1. The summed E-state index contributed by atoms with van der Waals surface area (Å²) < 4.78 is 0. The number of hydrogen-bond acceptors (Lipinski definition) is 2. The zero-order valence-corrected chi connectivity index (χ0v) is 6.84. The van der Waals surface area contributed by atoms with Gasteiger partial charge in [-0.1, -0.05) is 12.1 Å². The van der Waals surface area contributed by atoms with E-state index in [1.807, 2.05) is 18.2 Å². The van der Waals surface area contributed by atoms with Gasteiger partial charge in [0, 0.05) is 18.5 Å². The Morgan fingerprint density at radius 1 is 1.33 bits per heavy atom. The monoisotopic (exact) mass is 161 g/mol. The summed E-state index contributed by atoms with van der Waals surface area (Å²) >= 11 is 0. The molecule has 12 heavy (non-hydrogen) atoms. The number of nitrogens with two attached hydrogens (primary N) is 1. The summed E-state index contributed by atoms with van der Waals surface area (Å²) in [4.78, 5) is 11.3. The van der Waals surface area contributed by atoms with E-state index in [2.05, 4.69) is 0 Å². The number of ketones is 1. The number of hydrogen-bond donors (Lipinski definition) is 1. The predicted molar refractivity (Wildman–Crippen MR) is 47.0 cm³/mol. The largest absolute Gasteiger partial charge is 0.326 e. The minimum atomic E-state index is 0.264. The maximum Gasteiger partial charge on any atom is 0.163 e. The standard InChI is InChI=1S/C10H11NO/c11-6-7-1-2-8-3-4-10(12)9(8)5-7/h1-2,5H,3-4,6,11H2. The normalized spacial score (nSPS) is 14.9. The van der Waals surface area contributed by atoms with E-state index in [4.69, 9.17) is 5.73 Å². The molecule has 1 aliphatic rings. The Morgan fingerprint density at radius 2 is 2.17 bits per heavy atom. The first-order valence-electron chi connectivity index (χ1n) is 4.16. The minimum absolute atomic E-state index is 0.264. The number of benzene rings is 1. The van der Waals surface area contributed by atoms with Crippen molar-refractivity contribution < 1.29 is 4.79 Å². The molecule has 2 nitrogen and oxygen atoms in total. The Balaban J connectivity index is 2.50. The zero-order chi connectivity index (χ0) is 8.55. The third-order valence-electron chi connectivity index (χ3n) is 2.33. The number of fused-ring (bicyclic) bond motifs is 1. The van der Waals surface area contributed by atoms with Gasteiger partial charge in [-0.2, -0.15) is 0 Å². The third-order valence-corrected chi connectivity index (χ3v) is 2.33. The van der Waals surface area contributed by atoms with Gasteiger partial charge in [-0.05, 0) is 23.6 Å². The highest BCUT2D eigenvalue weighted by Gasteiger charge is 2.18. The van der Waals surface area contributed by atoms with E-state index in [0.717, 1.165) is 17.5 Å². The van der Waals surface area contributed by atoms with Gasteiger partial charge in [0.2, 0.25) is 0 Å². The van der Waals surface area contributed by atoms with Crippen molar-refractivity contribution in [3.8, 4) is 0 Å². The first-order chi connectivity index (χ1) is 5.81. The van der Waals surface area contributed by atoms with Crippen LogP contribution in [0.15, 0.2) is 18.2 Å². The van der Waals surface area contributed by atoms with Crippen LogP contribution in [0.3, 0.4) is 0 Å². The molecule has 1 aromatic rings. The molecule has 62 valence electrons. The van der Waals surface area contributed by atoms with Crippen molar-refractivity contribution in [2.24, 2.45) is 5.73 Å². The highest BCUT2D eigenvalue weighted by Crippen LogP contribution is 2.22. The summed E-state index contributed by atoms with van der Waals surface area (Å²) in [7, 11) is 0. The van der Waals surface area contributed by atoms with Gasteiger partial charge in [-0.3, -0.25) is 4.79 Å². The fourth-order valence-corrected chi connectivity index (χ4v) is 1.61. The first-order valence-corrected chi connectivity index (χ1v) is 4.16. The minimum Gasteiger partial charge on any atom is -0.326 e. The Bertz CT molecular complexity index is 331. The molecule has 2 N–H and O–H groups in total. The fourth-order valence-electron chi connectivity index (χ4n) is 1.61. The maximum atomic E-state index is 11.3. The Hall–Kier alpha value is -1.15. The number of rotatable bonds is 1. The lowest BCUT2D eigenvalue weighted by Crippen LogP contribution is -1.99.